The molecule has 0 spiro atoms. The maximum atomic E-state index is 12.8. The van der Waals surface area contributed by atoms with E-state index in [0.717, 1.165) is 18.5 Å². The van der Waals surface area contributed by atoms with Crippen molar-refractivity contribution in [2.24, 2.45) is 5.92 Å². The van der Waals surface area contributed by atoms with E-state index in [1.54, 1.807) is 17.9 Å². The third-order valence-corrected chi connectivity index (χ3v) is 4.99. The molecule has 0 saturated heterocycles. The number of nitrogens with zero attached hydrogens (tertiary/aromatic N) is 3. The summed E-state index contributed by atoms with van der Waals surface area (Å²) in [5.41, 5.74) is 1.35. The number of rotatable bonds is 5. The van der Waals surface area contributed by atoms with Crippen LogP contribution in [0.2, 0.25) is 0 Å². The number of carbonyl (C=O) groups excluding carboxylic acids is 1. The first-order valence-corrected chi connectivity index (χ1v) is 10.0. The van der Waals surface area contributed by atoms with Gasteiger partial charge in [-0.15, -0.1) is 0 Å². The first-order chi connectivity index (χ1) is 11.8. The number of carbonyl (C=O) groups is 1. The molecule has 2 aromatic heterocycles. The number of fused-ring (bicyclic) bond motifs is 1. The summed E-state index contributed by atoms with van der Waals surface area (Å²) >= 11 is 0. The molecule has 1 amide bonds. The minimum atomic E-state index is -3.21. The summed E-state index contributed by atoms with van der Waals surface area (Å²) < 4.78 is 32.2. The van der Waals surface area contributed by atoms with Gasteiger partial charge in [-0.3, -0.25) is 4.79 Å². The van der Waals surface area contributed by atoms with Gasteiger partial charge in [0.25, 0.3) is 5.91 Å². The van der Waals surface area contributed by atoms with Crippen molar-refractivity contribution in [1.29, 1.82) is 0 Å². The van der Waals surface area contributed by atoms with Crippen LogP contribution < -0.4 is 4.72 Å². The van der Waals surface area contributed by atoms with Crippen LogP contribution in [0, 0.1) is 12.8 Å². The van der Waals surface area contributed by atoms with E-state index in [9.17, 15) is 13.2 Å². The Morgan fingerprint density at radius 3 is 2.92 bits per heavy atom. The van der Waals surface area contributed by atoms with Gasteiger partial charge in [-0.1, -0.05) is 5.16 Å². The molecule has 3 rings (SSSR count). The maximum Gasteiger partial charge on any atom is 0.276 e. The smallest absolute Gasteiger partial charge is 0.276 e. The standard InChI is InChI=1S/C16H22N4O4S/c1-12-8-15(18-24-12)16(21)20-10-13(5-6-17-25(2,22)23)9-19-7-3-4-14(19)11-20/h3-4,7-8,13,17H,5-6,9-11H2,1-2H3/t13-/m0/s1. The van der Waals surface area contributed by atoms with Gasteiger partial charge >= 0.3 is 0 Å². The first-order valence-electron chi connectivity index (χ1n) is 8.13. The Balaban J connectivity index is 1.75. The monoisotopic (exact) mass is 366 g/mol. The van der Waals surface area contributed by atoms with Crippen molar-refractivity contribution in [3.05, 3.63) is 41.5 Å². The van der Waals surface area contributed by atoms with E-state index in [4.69, 9.17) is 4.52 Å². The third-order valence-electron chi connectivity index (χ3n) is 4.26. The zero-order valence-corrected chi connectivity index (χ0v) is 15.1. The predicted molar refractivity (Wildman–Crippen MR) is 91.4 cm³/mol. The molecular formula is C16H22N4O4S. The summed E-state index contributed by atoms with van der Waals surface area (Å²) in [6.07, 6.45) is 3.78. The molecule has 1 aliphatic rings. The van der Waals surface area contributed by atoms with Gasteiger partial charge in [-0.2, -0.15) is 0 Å². The molecule has 0 saturated carbocycles. The van der Waals surface area contributed by atoms with Crippen LogP contribution in [0.15, 0.2) is 28.9 Å². The van der Waals surface area contributed by atoms with E-state index in [-0.39, 0.29) is 11.8 Å². The minimum absolute atomic E-state index is 0.139. The van der Waals surface area contributed by atoms with Crippen LogP contribution in [0.3, 0.4) is 0 Å². The van der Waals surface area contributed by atoms with Crippen molar-refractivity contribution < 1.29 is 17.7 Å². The summed E-state index contributed by atoms with van der Waals surface area (Å²) in [4.78, 5) is 14.5. The molecular weight excluding hydrogens is 344 g/mol. The van der Waals surface area contributed by atoms with Crippen molar-refractivity contribution in [1.82, 2.24) is 19.3 Å². The Labute approximate surface area is 146 Å². The van der Waals surface area contributed by atoms with Gasteiger partial charge < -0.3 is 14.0 Å². The molecule has 0 aliphatic carbocycles. The highest BCUT2D eigenvalue weighted by Gasteiger charge is 2.27. The molecule has 0 bridgehead atoms. The fourth-order valence-electron chi connectivity index (χ4n) is 3.09. The molecule has 25 heavy (non-hydrogen) atoms. The van der Waals surface area contributed by atoms with Crippen LogP contribution in [0.1, 0.15) is 28.4 Å². The van der Waals surface area contributed by atoms with Crippen molar-refractivity contribution in [3.8, 4) is 0 Å². The van der Waals surface area contributed by atoms with Crippen molar-refractivity contribution in [3.63, 3.8) is 0 Å². The van der Waals surface area contributed by atoms with Gasteiger partial charge in [0.15, 0.2) is 5.69 Å². The molecule has 2 aromatic rings. The molecule has 0 fully saturated rings. The van der Waals surface area contributed by atoms with Crippen LogP contribution in [0.5, 0.6) is 0 Å². The Morgan fingerprint density at radius 1 is 1.44 bits per heavy atom. The van der Waals surface area contributed by atoms with E-state index in [2.05, 4.69) is 14.4 Å². The number of nitrogens with one attached hydrogen (secondary N) is 1. The van der Waals surface area contributed by atoms with Crippen molar-refractivity contribution >= 4 is 15.9 Å². The lowest BCUT2D eigenvalue weighted by atomic mass is 10.1. The van der Waals surface area contributed by atoms with Crippen molar-refractivity contribution in [2.75, 3.05) is 19.3 Å². The topological polar surface area (TPSA) is 97.4 Å². The Hall–Kier alpha value is -2.13. The summed E-state index contributed by atoms with van der Waals surface area (Å²) in [6.45, 7) is 3.88. The molecule has 1 atom stereocenters. The van der Waals surface area contributed by atoms with E-state index >= 15 is 0 Å². The highest BCUT2D eigenvalue weighted by atomic mass is 32.2. The van der Waals surface area contributed by atoms with Crippen molar-refractivity contribution in [2.45, 2.75) is 26.4 Å². The Kier molecular flexibility index (Phi) is 4.96. The molecule has 0 aromatic carbocycles. The zero-order chi connectivity index (χ0) is 18.0. The van der Waals surface area contributed by atoms with Gasteiger partial charge in [0.05, 0.1) is 12.8 Å². The SMILES string of the molecule is Cc1cc(C(=O)N2Cc3cccn3C[C@H](CCNS(C)(=O)=O)C2)no1. The summed E-state index contributed by atoms with van der Waals surface area (Å²) in [5, 5.41) is 3.82. The largest absolute Gasteiger partial charge is 0.361 e. The maximum absolute atomic E-state index is 12.8. The van der Waals surface area contributed by atoms with Gasteiger partial charge in [-0.25, -0.2) is 13.1 Å². The molecule has 0 unspecified atom stereocenters. The number of sulfonamides is 1. The van der Waals surface area contributed by atoms with Gasteiger partial charge in [-0.05, 0) is 31.4 Å². The van der Waals surface area contributed by atoms with Gasteiger partial charge in [0, 0.05) is 37.6 Å². The van der Waals surface area contributed by atoms with E-state index in [1.807, 2.05) is 18.3 Å². The molecule has 1 aliphatic heterocycles. The second kappa shape index (κ2) is 7.01. The molecule has 3 heterocycles. The molecule has 9 heteroatoms. The summed E-state index contributed by atoms with van der Waals surface area (Å²) in [5.74, 6) is 0.558. The first kappa shape index (κ1) is 17.7. The fraction of sp³-hybridized carbons (Fsp3) is 0.500. The average molecular weight is 366 g/mol. The van der Waals surface area contributed by atoms with Crippen LogP contribution in [-0.4, -0.2) is 48.3 Å². The second-order valence-corrected chi connectivity index (χ2v) is 8.31. The number of aromatic nitrogens is 2. The molecule has 136 valence electrons. The third kappa shape index (κ3) is 4.49. The lowest BCUT2D eigenvalue weighted by Crippen LogP contribution is -2.35. The summed E-state index contributed by atoms with van der Waals surface area (Å²) in [6, 6.07) is 5.58. The van der Waals surface area contributed by atoms with Crippen LogP contribution in [0.25, 0.3) is 0 Å². The van der Waals surface area contributed by atoms with E-state index in [1.165, 1.54) is 0 Å². The lowest BCUT2D eigenvalue weighted by molar-refractivity contribution is 0.0708. The number of hydrogen-bond donors (Lipinski definition) is 1. The number of aryl methyl sites for hydroxylation is 1. The van der Waals surface area contributed by atoms with E-state index < -0.39 is 10.0 Å². The number of amides is 1. The van der Waals surface area contributed by atoms with Crippen LogP contribution >= 0.6 is 0 Å². The molecule has 8 nitrogen and oxygen atoms in total. The second-order valence-electron chi connectivity index (χ2n) is 6.48. The molecule has 0 radical (unpaired) electrons. The lowest BCUT2D eigenvalue weighted by Gasteiger charge is -2.23. The molecule has 1 N–H and O–H groups in total. The van der Waals surface area contributed by atoms with Crippen LogP contribution in [-0.2, 0) is 23.1 Å². The Morgan fingerprint density at radius 2 is 2.24 bits per heavy atom. The van der Waals surface area contributed by atoms with E-state index in [0.29, 0.717) is 37.5 Å². The number of hydrogen-bond acceptors (Lipinski definition) is 5. The minimum Gasteiger partial charge on any atom is -0.361 e. The average Bonchev–Trinajstić information content (AvgIpc) is 3.10. The normalized spacial score (nSPS) is 18.0. The summed E-state index contributed by atoms with van der Waals surface area (Å²) in [7, 11) is -3.21. The van der Waals surface area contributed by atoms with Gasteiger partial charge in [0.1, 0.15) is 5.76 Å². The fourth-order valence-corrected chi connectivity index (χ4v) is 3.58. The van der Waals surface area contributed by atoms with Crippen LogP contribution in [0.4, 0.5) is 0 Å². The highest BCUT2D eigenvalue weighted by Crippen LogP contribution is 2.21. The zero-order valence-electron chi connectivity index (χ0n) is 14.3. The Bertz CT molecular complexity index is 855. The highest BCUT2D eigenvalue weighted by molar-refractivity contribution is 7.88. The quantitative estimate of drug-likeness (QED) is 0.851. The van der Waals surface area contributed by atoms with Gasteiger partial charge in [0.2, 0.25) is 10.0 Å². The predicted octanol–water partition coefficient (Wildman–Crippen LogP) is 0.996.